The van der Waals surface area contributed by atoms with Crippen LogP contribution in [0.3, 0.4) is 0 Å². The second kappa shape index (κ2) is 10.3. The number of methoxy groups -OCH3 is 2. The lowest BCUT2D eigenvalue weighted by atomic mass is 10.1. The lowest BCUT2D eigenvalue weighted by Gasteiger charge is -2.39. The van der Waals surface area contributed by atoms with Crippen LogP contribution in [0.5, 0.6) is 11.5 Å². The Bertz CT molecular complexity index is 1360. The standard InChI is InChI=1S/C28H32ClN5O2/c1-5-22-26-24(34(31-22)18-20-9-11-30-12-10-20)17-25(35-3)28(36-4)27(26)33-15-13-32(14-16-33)23-8-6-7-21(29)19(23)2/h6-12,17H,5,13-16,18H2,1-4H3. The first-order valence-electron chi connectivity index (χ1n) is 12.3. The van der Waals surface area contributed by atoms with Gasteiger partial charge in [-0.2, -0.15) is 5.10 Å². The van der Waals surface area contributed by atoms with E-state index in [0.29, 0.717) is 12.3 Å². The first-order valence-corrected chi connectivity index (χ1v) is 12.7. The van der Waals surface area contributed by atoms with Crippen molar-refractivity contribution >= 4 is 33.9 Å². The first kappa shape index (κ1) is 24.3. The van der Waals surface area contributed by atoms with Crippen LogP contribution in [0, 0.1) is 6.92 Å². The van der Waals surface area contributed by atoms with Gasteiger partial charge in [0.1, 0.15) is 0 Å². The normalized spacial score (nSPS) is 13.9. The third-order valence-electron chi connectivity index (χ3n) is 7.02. The predicted molar refractivity (Wildman–Crippen MR) is 146 cm³/mol. The topological polar surface area (TPSA) is 55.7 Å². The van der Waals surface area contributed by atoms with Crippen LogP contribution in [0.1, 0.15) is 23.7 Å². The predicted octanol–water partition coefficient (Wildman–Crippen LogP) is 5.35. The highest BCUT2D eigenvalue weighted by Crippen LogP contribution is 2.46. The number of pyridine rings is 1. The van der Waals surface area contributed by atoms with Gasteiger partial charge >= 0.3 is 0 Å². The number of fused-ring (bicyclic) bond motifs is 1. The number of halogens is 1. The van der Waals surface area contributed by atoms with Gasteiger partial charge in [0.2, 0.25) is 0 Å². The van der Waals surface area contributed by atoms with Crippen LogP contribution >= 0.6 is 11.6 Å². The second-order valence-corrected chi connectivity index (χ2v) is 9.43. The smallest absolute Gasteiger partial charge is 0.185 e. The van der Waals surface area contributed by atoms with Crippen molar-refractivity contribution in [2.24, 2.45) is 0 Å². The van der Waals surface area contributed by atoms with E-state index in [1.165, 1.54) is 5.69 Å². The molecule has 2 aromatic carbocycles. The minimum absolute atomic E-state index is 0.662. The Labute approximate surface area is 217 Å². The van der Waals surface area contributed by atoms with E-state index in [9.17, 15) is 0 Å². The monoisotopic (exact) mass is 505 g/mol. The van der Waals surface area contributed by atoms with Crippen LogP contribution < -0.4 is 19.3 Å². The highest BCUT2D eigenvalue weighted by molar-refractivity contribution is 6.31. The Kier molecular flexibility index (Phi) is 6.92. The lowest BCUT2D eigenvalue weighted by molar-refractivity contribution is 0.355. The third kappa shape index (κ3) is 4.32. The van der Waals surface area contributed by atoms with Gasteiger partial charge in [0, 0.05) is 55.3 Å². The van der Waals surface area contributed by atoms with Crippen molar-refractivity contribution in [2.45, 2.75) is 26.8 Å². The molecule has 188 valence electrons. The molecule has 0 amide bonds. The Hall–Kier alpha value is -3.45. The molecule has 1 saturated heterocycles. The molecular weight excluding hydrogens is 474 g/mol. The number of aromatic nitrogens is 3. The Morgan fingerprint density at radius 2 is 1.69 bits per heavy atom. The van der Waals surface area contributed by atoms with Crippen molar-refractivity contribution in [1.82, 2.24) is 14.8 Å². The van der Waals surface area contributed by atoms with Crippen molar-refractivity contribution < 1.29 is 9.47 Å². The molecule has 1 fully saturated rings. The molecular formula is C28H32ClN5O2. The van der Waals surface area contributed by atoms with E-state index in [1.807, 2.05) is 36.7 Å². The average molecular weight is 506 g/mol. The first-order chi connectivity index (χ1) is 17.5. The summed E-state index contributed by atoms with van der Waals surface area (Å²) in [6, 6.07) is 12.2. The van der Waals surface area contributed by atoms with Gasteiger partial charge in [-0.25, -0.2) is 0 Å². The van der Waals surface area contributed by atoms with Crippen LogP contribution in [0.4, 0.5) is 11.4 Å². The molecule has 0 atom stereocenters. The highest BCUT2D eigenvalue weighted by Gasteiger charge is 2.28. The van der Waals surface area contributed by atoms with Crippen LogP contribution in [-0.2, 0) is 13.0 Å². The van der Waals surface area contributed by atoms with Crippen molar-refractivity contribution in [3.63, 3.8) is 0 Å². The molecule has 0 saturated carbocycles. The van der Waals surface area contributed by atoms with Gasteiger partial charge in [0.25, 0.3) is 0 Å². The number of anilines is 2. The number of aryl methyl sites for hydroxylation is 1. The van der Waals surface area contributed by atoms with Crippen LogP contribution in [0.2, 0.25) is 5.02 Å². The largest absolute Gasteiger partial charge is 0.493 e. The number of piperazine rings is 1. The zero-order valence-corrected chi connectivity index (χ0v) is 22.0. The minimum Gasteiger partial charge on any atom is -0.493 e. The zero-order chi connectivity index (χ0) is 25.2. The third-order valence-corrected chi connectivity index (χ3v) is 7.43. The fourth-order valence-electron chi connectivity index (χ4n) is 5.14. The lowest BCUT2D eigenvalue weighted by Crippen LogP contribution is -2.47. The molecule has 4 aromatic rings. The molecule has 0 aliphatic carbocycles. The van der Waals surface area contributed by atoms with Crippen LogP contribution in [-0.4, -0.2) is 55.2 Å². The highest BCUT2D eigenvalue weighted by atomic mass is 35.5. The van der Waals surface area contributed by atoms with Crippen LogP contribution in [0.25, 0.3) is 10.9 Å². The molecule has 7 nitrogen and oxygen atoms in total. The number of hydrogen-bond acceptors (Lipinski definition) is 6. The summed E-state index contributed by atoms with van der Waals surface area (Å²) in [6.07, 6.45) is 4.46. The van der Waals surface area contributed by atoms with E-state index in [1.54, 1.807) is 14.2 Å². The number of ether oxygens (including phenoxy) is 2. The molecule has 1 aliphatic rings. The van der Waals surface area contributed by atoms with Gasteiger partial charge < -0.3 is 19.3 Å². The van der Waals surface area contributed by atoms with Gasteiger partial charge in [-0.15, -0.1) is 0 Å². The molecule has 0 unspecified atom stereocenters. The fraction of sp³-hybridized carbons (Fsp3) is 0.357. The number of hydrogen-bond donors (Lipinski definition) is 0. The van der Waals surface area contributed by atoms with E-state index in [-0.39, 0.29) is 0 Å². The molecule has 5 rings (SSSR count). The summed E-state index contributed by atoms with van der Waals surface area (Å²) in [5, 5.41) is 6.97. The number of rotatable bonds is 7. The molecule has 3 heterocycles. The van der Waals surface area contributed by atoms with Gasteiger partial charge in [-0.05, 0) is 48.7 Å². The Morgan fingerprint density at radius 1 is 0.972 bits per heavy atom. The van der Waals surface area contributed by atoms with Crippen molar-refractivity contribution in [1.29, 1.82) is 0 Å². The maximum atomic E-state index is 6.41. The molecule has 0 spiro atoms. The number of benzene rings is 2. The van der Waals surface area contributed by atoms with E-state index >= 15 is 0 Å². The summed E-state index contributed by atoms with van der Waals surface area (Å²) in [5.74, 6) is 1.47. The molecule has 8 heteroatoms. The quantitative estimate of drug-likeness (QED) is 0.337. The fourth-order valence-corrected chi connectivity index (χ4v) is 5.31. The van der Waals surface area contributed by atoms with E-state index in [2.05, 4.69) is 45.4 Å². The summed E-state index contributed by atoms with van der Waals surface area (Å²) < 4.78 is 13.8. The van der Waals surface area contributed by atoms with Gasteiger partial charge in [0.05, 0.1) is 43.0 Å². The van der Waals surface area contributed by atoms with Crippen molar-refractivity contribution in [2.75, 3.05) is 50.2 Å². The summed E-state index contributed by atoms with van der Waals surface area (Å²) in [7, 11) is 3.41. The zero-order valence-electron chi connectivity index (χ0n) is 21.3. The minimum atomic E-state index is 0.662. The summed E-state index contributed by atoms with van der Waals surface area (Å²) >= 11 is 6.41. The van der Waals surface area contributed by atoms with E-state index in [0.717, 1.165) is 76.8 Å². The average Bonchev–Trinajstić information content (AvgIpc) is 3.26. The maximum absolute atomic E-state index is 6.41. The van der Waals surface area contributed by atoms with Gasteiger partial charge in [-0.3, -0.25) is 9.67 Å². The maximum Gasteiger partial charge on any atom is 0.185 e. The molecule has 1 aliphatic heterocycles. The summed E-state index contributed by atoms with van der Waals surface area (Å²) in [5.41, 5.74) is 6.64. The van der Waals surface area contributed by atoms with Gasteiger partial charge in [0.15, 0.2) is 11.5 Å². The summed E-state index contributed by atoms with van der Waals surface area (Å²) in [4.78, 5) is 8.98. The molecule has 36 heavy (non-hydrogen) atoms. The van der Waals surface area contributed by atoms with E-state index < -0.39 is 0 Å². The molecule has 2 aromatic heterocycles. The van der Waals surface area contributed by atoms with E-state index in [4.69, 9.17) is 26.2 Å². The molecule has 0 bridgehead atoms. The van der Waals surface area contributed by atoms with Crippen molar-refractivity contribution in [3.05, 3.63) is 70.6 Å². The van der Waals surface area contributed by atoms with Gasteiger partial charge in [-0.1, -0.05) is 24.6 Å². The molecule has 0 radical (unpaired) electrons. The number of nitrogens with zero attached hydrogens (tertiary/aromatic N) is 5. The Balaban J connectivity index is 1.56. The Morgan fingerprint density at radius 3 is 2.36 bits per heavy atom. The van der Waals surface area contributed by atoms with Crippen molar-refractivity contribution in [3.8, 4) is 11.5 Å². The second-order valence-electron chi connectivity index (χ2n) is 9.03. The SMILES string of the molecule is CCc1nn(Cc2ccncc2)c2cc(OC)c(OC)c(N3CCN(c4cccc(Cl)c4C)CC3)c12. The summed E-state index contributed by atoms with van der Waals surface area (Å²) in [6.45, 7) is 8.37. The van der Waals surface area contributed by atoms with Crippen LogP contribution in [0.15, 0.2) is 48.8 Å². The molecule has 0 N–H and O–H groups in total.